The van der Waals surface area contributed by atoms with E-state index in [0.29, 0.717) is 12.8 Å². The van der Waals surface area contributed by atoms with Crippen molar-refractivity contribution in [2.45, 2.75) is 37.0 Å². The zero-order valence-corrected chi connectivity index (χ0v) is 14.1. The zero-order valence-electron chi connectivity index (χ0n) is 12.6. The molecule has 0 bridgehead atoms. The minimum atomic E-state index is -3.24. The molecule has 2 atom stereocenters. The Labute approximate surface area is 135 Å². The van der Waals surface area contributed by atoms with Crippen LogP contribution in [-0.2, 0) is 9.84 Å². The van der Waals surface area contributed by atoms with Gasteiger partial charge in [-0.05, 0) is 31.0 Å². The van der Waals surface area contributed by atoms with E-state index in [-0.39, 0.29) is 22.5 Å². The van der Waals surface area contributed by atoms with E-state index in [9.17, 15) is 17.6 Å². The molecule has 0 radical (unpaired) electrons. The average Bonchev–Trinajstić information content (AvgIpc) is 2.45. The summed E-state index contributed by atoms with van der Waals surface area (Å²) in [6, 6.07) is 3.20. The summed E-state index contributed by atoms with van der Waals surface area (Å²) in [5.41, 5.74) is 0.184. The number of carbonyl (C=O) groups is 1. The monoisotopic (exact) mass is 347 g/mol. The van der Waals surface area contributed by atoms with Gasteiger partial charge in [-0.15, -0.1) is 0 Å². The maximum absolute atomic E-state index is 13.1. The summed E-state index contributed by atoms with van der Waals surface area (Å²) in [4.78, 5) is 14.0. The van der Waals surface area contributed by atoms with Gasteiger partial charge in [-0.2, -0.15) is 0 Å². The number of halogens is 2. The molecule has 1 aromatic rings. The van der Waals surface area contributed by atoms with Crippen LogP contribution < -0.4 is 0 Å². The first kappa shape index (κ1) is 17.2. The summed E-state index contributed by atoms with van der Waals surface area (Å²) in [5.74, 6) is -0.901. The van der Waals surface area contributed by atoms with Gasteiger partial charge in [-0.1, -0.05) is 24.4 Å². The van der Waals surface area contributed by atoms with Crippen LogP contribution in [0, 0.1) is 5.82 Å². The number of rotatable bonds is 3. The largest absolute Gasteiger partial charge is 0.337 e. The van der Waals surface area contributed by atoms with E-state index in [1.807, 2.05) is 0 Å². The van der Waals surface area contributed by atoms with Crippen LogP contribution in [0.1, 0.15) is 36.0 Å². The molecule has 1 aliphatic rings. The molecule has 0 N–H and O–H groups in total. The summed E-state index contributed by atoms with van der Waals surface area (Å²) in [6.45, 7) is 0. The summed E-state index contributed by atoms with van der Waals surface area (Å²) < 4.78 is 37.0. The average molecular weight is 348 g/mol. The van der Waals surface area contributed by atoms with Gasteiger partial charge >= 0.3 is 0 Å². The fraction of sp³-hybridized carbons (Fsp3) is 0.533. The molecule has 0 aliphatic heterocycles. The Bertz CT molecular complexity index is 677. The minimum absolute atomic E-state index is 0.0311. The Morgan fingerprint density at radius 2 is 1.95 bits per heavy atom. The number of sulfone groups is 1. The Balaban J connectivity index is 2.28. The molecule has 0 unspecified atom stereocenters. The molecule has 122 valence electrons. The van der Waals surface area contributed by atoms with E-state index in [2.05, 4.69) is 0 Å². The third-order valence-corrected chi connectivity index (χ3v) is 6.16. The van der Waals surface area contributed by atoms with E-state index in [0.717, 1.165) is 18.9 Å². The van der Waals surface area contributed by atoms with E-state index >= 15 is 0 Å². The molecule has 7 heteroatoms. The van der Waals surface area contributed by atoms with E-state index in [1.165, 1.54) is 23.3 Å². The highest BCUT2D eigenvalue weighted by Crippen LogP contribution is 2.29. The van der Waals surface area contributed by atoms with Crippen LogP contribution in [0.5, 0.6) is 0 Å². The summed E-state index contributed by atoms with van der Waals surface area (Å²) in [5, 5.41) is -0.530. The van der Waals surface area contributed by atoms with Gasteiger partial charge in [0.05, 0.1) is 15.8 Å². The molecule has 4 nitrogen and oxygen atoms in total. The fourth-order valence-electron chi connectivity index (χ4n) is 3.02. The van der Waals surface area contributed by atoms with Crippen LogP contribution in [0.2, 0.25) is 5.02 Å². The molecule has 0 spiro atoms. The van der Waals surface area contributed by atoms with Crippen molar-refractivity contribution in [3.63, 3.8) is 0 Å². The van der Waals surface area contributed by atoms with Crippen LogP contribution in [0.25, 0.3) is 0 Å². The number of amides is 1. The summed E-state index contributed by atoms with van der Waals surface area (Å²) >= 11 is 5.93. The SMILES string of the molecule is CN(C(=O)c1ccc(F)cc1Cl)[C@@H]1CCCC[C@@H]1S(C)(=O)=O. The Hall–Kier alpha value is -1.14. The first-order valence-corrected chi connectivity index (χ1v) is 9.46. The van der Waals surface area contributed by atoms with Crippen LogP contribution in [0.15, 0.2) is 18.2 Å². The molecule has 1 saturated carbocycles. The van der Waals surface area contributed by atoms with Crippen molar-refractivity contribution in [1.82, 2.24) is 4.90 Å². The van der Waals surface area contributed by atoms with Gasteiger partial charge in [0.2, 0.25) is 0 Å². The second-order valence-electron chi connectivity index (χ2n) is 5.76. The smallest absolute Gasteiger partial charge is 0.255 e. The lowest BCUT2D eigenvalue weighted by Crippen LogP contribution is -2.49. The predicted molar refractivity (Wildman–Crippen MR) is 84.4 cm³/mol. The normalized spacial score (nSPS) is 22.4. The molecular weight excluding hydrogens is 329 g/mol. The van der Waals surface area contributed by atoms with E-state index in [1.54, 1.807) is 7.05 Å². The number of hydrogen-bond donors (Lipinski definition) is 0. The number of hydrogen-bond acceptors (Lipinski definition) is 3. The van der Waals surface area contributed by atoms with Crippen LogP contribution in [0.4, 0.5) is 4.39 Å². The van der Waals surface area contributed by atoms with Crippen LogP contribution >= 0.6 is 11.6 Å². The van der Waals surface area contributed by atoms with Crippen molar-refractivity contribution in [3.05, 3.63) is 34.6 Å². The topological polar surface area (TPSA) is 54.5 Å². The molecule has 1 aliphatic carbocycles. The van der Waals surface area contributed by atoms with Gasteiger partial charge in [-0.25, -0.2) is 12.8 Å². The molecule has 1 fully saturated rings. The highest BCUT2D eigenvalue weighted by molar-refractivity contribution is 7.91. The van der Waals surface area contributed by atoms with Gasteiger partial charge < -0.3 is 4.90 Å². The van der Waals surface area contributed by atoms with Crippen molar-refractivity contribution in [3.8, 4) is 0 Å². The highest BCUT2D eigenvalue weighted by Gasteiger charge is 2.37. The Morgan fingerprint density at radius 1 is 1.32 bits per heavy atom. The molecule has 0 heterocycles. The Morgan fingerprint density at radius 3 is 2.55 bits per heavy atom. The standard InChI is InChI=1S/C15H19ClFNO3S/c1-18(13-5-3-4-6-14(13)22(2,20)21)15(19)11-8-7-10(17)9-12(11)16/h7-9,13-14H,3-6H2,1-2H3/t13-,14+/m1/s1. The molecule has 2 rings (SSSR count). The number of benzene rings is 1. The number of nitrogens with zero attached hydrogens (tertiary/aromatic N) is 1. The minimum Gasteiger partial charge on any atom is -0.337 e. The molecular formula is C15H19ClFNO3S. The third kappa shape index (κ3) is 3.60. The second kappa shape index (κ2) is 6.54. The summed E-state index contributed by atoms with van der Waals surface area (Å²) in [6.07, 6.45) is 4.12. The van der Waals surface area contributed by atoms with Gasteiger partial charge in [0, 0.05) is 19.3 Å². The molecule has 1 aromatic carbocycles. The molecule has 0 aromatic heterocycles. The van der Waals surface area contributed by atoms with E-state index in [4.69, 9.17) is 11.6 Å². The van der Waals surface area contributed by atoms with Gasteiger partial charge in [-0.3, -0.25) is 4.79 Å². The van der Waals surface area contributed by atoms with Crippen molar-refractivity contribution < 1.29 is 17.6 Å². The lowest BCUT2D eigenvalue weighted by molar-refractivity contribution is 0.0700. The second-order valence-corrected chi connectivity index (χ2v) is 8.43. The van der Waals surface area contributed by atoms with Crippen molar-refractivity contribution in [2.24, 2.45) is 0 Å². The van der Waals surface area contributed by atoms with Gasteiger partial charge in [0.25, 0.3) is 5.91 Å². The fourth-order valence-corrected chi connectivity index (χ4v) is 4.76. The van der Waals surface area contributed by atoms with Crippen molar-refractivity contribution in [1.29, 1.82) is 0 Å². The van der Waals surface area contributed by atoms with Crippen LogP contribution in [0.3, 0.4) is 0 Å². The zero-order chi connectivity index (χ0) is 16.5. The summed E-state index contributed by atoms with van der Waals surface area (Å²) in [7, 11) is -1.66. The van der Waals surface area contributed by atoms with Crippen LogP contribution in [-0.4, -0.2) is 43.8 Å². The molecule has 0 saturated heterocycles. The molecule has 1 amide bonds. The van der Waals surface area contributed by atoms with Gasteiger partial charge in [0.1, 0.15) is 5.82 Å². The Kier molecular flexibility index (Phi) is 5.12. The maximum Gasteiger partial charge on any atom is 0.255 e. The highest BCUT2D eigenvalue weighted by atomic mass is 35.5. The quantitative estimate of drug-likeness (QED) is 0.844. The third-order valence-electron chi connectivity index (χ3n) is 4.20. The van der Waals surface area contributed by atoms with Crippen molar-refractivity contribution >= 4 is 27.3 Å². The van der Waals surface area contributed by atoms with E-state index < -0.39 is 20.9 Å². The molecule has 22 heavy (non-hydrogen) atoms. The first-order valence-electron chi connectivity index (χ1n) is 7.13. The predicted octanol–water partition coefficient (Wildman–Crippen LogP) is 2.91. The van der Waals surface area contributed by atoms with Crippen molar-refractivity contribution in [2.75, 3.05) is 13.3 Å². The van der Waals surface area contributed by atoms with Gasteiger partial charge in [0.15, 0.2) is 9.84 Å². The first-order chi connectivity index (χ1) is 10.2. The maximum atomic E-state index is 13.1. The lowest BCUT2D eigenvalue weighted by atomic mass is 9.93. The lowest BCUT2D eigenvalue weighted by Gasteiger charge is -2.37. The number of carbonyl (C=O) groups excluding carboxylic acids is 1.